The molecule has 0 unspecified atom stereocenters. The maximum Gasteiger partial charge on any atom is 0.307 e. The van der Waals surface area contributed by atoms with E-state index in [1.807, 2.05) is 6.92 Å². The summed E-state index contributed by atoms with van der Waals surface area (Å²) in [7, 11) is 0. The minimum absolute atomic E-state index is 0.00318. The average Bonchev–Trinajstić information content (AvgIpc) is 2.23. The number of carbonyl (C=O) groups excluding carboxylic acids is 1. The number of aliphatic carboxylic acids is 1. The van der Waals surface area contributed by atoms with Crippen LogP contribution >= 0.6 is 0 Å². The van der Waals surface area contributed by atoms with Crippen molar-refractivity contribution < 1.29 is 19.4 Å². The molecule has 0 radical (unpaired) electrons. The van der Waals surface area contributed by atoms with Crippen molar-refractivity contribution in [2.24, 2.45) is 11.8 Å². The first kappa shape index (κ1) is 17.9. The van der Waals surface area contributed by atoms with Crippen LogP contribution in [0.4, 0.5) is 0 Å². The van der Waals surface area contributed by atoms with Crippen LogP contribution in [0.1, 0.15) is 66.7 Å². The summed E-state index contributed by atoms with van der Waals surface area (Å²) in [5, 5.41) is 9.24. The number of carbonyl (C=O) groups is 2. The Morgan fingerprint density at radius 1 is 1.21 bits per heavy atom. The number of unbranched alkanes of at least 4 members (excludes halogenated alkanes) is 2. The molecule has 0 fully saturated rings. The summed E-state index contributed by atoms with van der Waals surface area (Å²) in [6, 6.07) is 0. The first-order valence-corrected chi connectivity index (χ1v) is 7.12. The van der Waals surface area contributed by atoms with Crippen LogP contribution in [-0.2, 0) is 14.3 Å². The summed E-state index contributed by atoms with van der Waals surface area (Å²) < 4.78 is 5.19. The second-order valence-corrected chi connectivity index (χ2v) is 6.21. The zero-order valence-corrected chi connectivity index (χ0v) is 12.9. The van der Waals surface area contributed by atoms with Gasteiger partial charge in [0.05, 0.1) is 12.3 Å². The molecule has 0 saturated carbocycles. The Kier molecular flexibility index (Phi) is 7.72. The van der Waals surface area contributed by atoms with Crippen LogP contribution in [0.5, 0.6) is 0 Å². The number of carboxylic acids is 1. The molecule has 4 heteroatoms. The molecule has 0 heterocycles. The van der Waals surface area contributed by atoms with Gasteiger partial charge in [-0.05, 0) is 33.1 Å². The molecule has 0 saturated heterocycles. The lowest BCUT2D eigenvalue weighted by atomic mass is 9.87. The number of ether oxygens (including phenoxy) is 1. The molecule has 0 aliphatic rings. The van der Waals surface area contributed by atoms with Gasteiger partial charge in [-0.25, -0.2) is 0 Å². The van der Waals surface area contributed by atoms with Gasteiger partial charge in [0.1, 0.15) is 5.60 Å². The largest absolute Gasteiger partial charge is 0.481 e. The third-order valence-corrected chi connectivity index (χ3v) is 3.07. The zero-order valence-electron chi connectivity index (χ0n) is 12.9. The molecule has 112 valence electrons. The normalized spacial score (nSPS) is 14.8. The molecule has 2 atom stereocenters. The molecule has 0 aliphatic heterocycles. The number of hydrogen-bond acceptors (Lipinski definition) is 3. The van der Waals surface area contributed by atoms with E-state index in [1.54, 1.807) is 20.8 Å². The molecule has 19 heavy (non-hydrogen) atoms. The van der Waals surface area contributed by atoms with E-state index < -0.39 is 23.5 Å². The third-order valence-electron chi connectivity index (χ3n) is 3.07. The number of esters is 1. The van der Waals surface area contributed by atoms with E-state index in [4.69, 9.17) is 4.74 Å². The Labute approximate surface area is 116 Å². The van der Waals surface area contributed by atoms with Crippen LogP contribution in [0.2, 0.25) is 0 Å². The van der Waals surface area contributed by atoms with Gasteiger partial charge in [-0.15, -0.1) is 0 Å². The van der Waals surface area contributed by atoms with Gasteiger partial charge in [0.2, 0.25) is 0 Å². The van der Waals surface area contributed by atoms with E-state index in [0.29, 0.717) is 0 Å². The van der Waals surface area contributed by atoms with Gasteiger partial charge in [0, 0.05) is 0 Å². The van der Waals surface area contributed by atoms with Gasteiger partial charge in [-0.3, -0.25) is 9.59 Å². The van der Waals surface area contributed by atoms with Gasteiger partial charge < -0.3 is 9.84 Å². The molecule has 0 aromatic heterocycles. The number of carboxylic acid groups (broad SMARTS) is 1. The zero-order chi connectivity index (χ0) is 15.1. The molecule has 0 rings (SSSR count). The van der Waals surface area contributed by atoms with Crippen LogP contribution < -0.4 is 0 Å². The summed E-state index contributed by atoms with van der Waals surface area (Å²) in [6.07, 6.45) is 4.02. The molecule has 1 N–H and O–H groups in total. The lowest BCUT2D eigenvalue weighted by molar-refractivity contribution is -0.161. The highest BCUT2D eigenvalue weighted by molar-refractivity contribution is 5.79. The molecule has 0 aromatic rings. The van der Waals surface area contributed by atoms with Crippen LogP contribution in [0.15, 0.2) is 0 Å². The third kappa shape index (κ3) is 8.62. The van der Waals surface area contributed by atoms with E-state index in [2.05, 4.69) is 6.92 Å². The summed E-state index contributed by atoms with van der Waals surface area (Å²) in [5.41, 5.74) is -0.564. The second-order valence-electron chi connectivity index (χ2n) is 6.21. The molecule has 0 spiro atoms. The Bertz CT molecular complexity index is 291. The monoisotopic (exact) mass is 272 g/mol. The molecule has 0 aromatic carbocycles. The van der Waals surface area contributed by atoms with Crippen molar-refractivity contribution >= 4 is 11.9 Å². The summed E-state index contributed by atoms with van der Waals surface area (Å²) in [5.74, 6) is -1.99. The fourth-order valence-electron chi connectivity index (χ4n) is 2.01. The fraction of sp³-hybridized carbons (Fsp3) is 0.867. The molecule has 0 aliphatic carbocycles. The van der Waals surface area contributed by atoms with E-state index in [0.717, 1.165) is 25.7 Å². The molecular weight excluding hydrogens is 244 g/mol. The smallest absolute Gasteiger partial charge is 0.307 e. The summed E-state index contributed by atoms with van der Waals surface area (Å²) >= 11 is 0. The minimum Gasteiger partial charge on any atom is -0.481 e. The van der Waals surface area contributed by atoms with Crippen molar-refractivity contribution in [2.45, 2.75) is 72.3 Å². The highest BCUT2D eigenvalue weighted by atomic mass is 16.6. The predicted octanol–water partition coefficient (Wildman–Crippen LogP) is 3.64. The topological polar surface area (TPSA) is 63.6 Å². The van der Waals surface area contributed by atoms with Gasteiger partial charge in [0.15, 0.2) is 0 Å². The first-order valence-electron chi connectivity index (χ1n) is 7.12. The van der Waals surface area contributed by atoms with Crippen LogP contribution in [0.3, 0.4) is 0 Å². The predicted molar refractivity (Wildman–Crippen MR) is 74.9 cm³/mol. The lowest BCUT2D eigenvalue weighted by Gasteiger charge is -2.23. The lowest BCUT2D eigenvalue weighted by Crippen LogP contribution is -2.30. The van der Waals surface area contributed by atoms with E-state index in [9.17, 15) is 14.7 Å². The SMILES string of the molecule is CCCCC[C@@H](C)[C@H](CC(=O)OC(C)(C)C)C(=O)O. The van der Waals surface area contributed by atoms with E-state index in [1.165, 1.54) is 0 Å². The van der Waals surface area contributed by atoms with Crippen molar-refractivity contribution in [3.63, 3.8) is 0 Å². The number of hydrogen-bond donors (Lipinski definition) is 1. The Morgan fingerprint density at radius 2 is 1.79 bits per heavy atom. The molecule has 0 bridgehead atoms. The molecular formula is C15H28O4. The van der Waals surface area contributed by atoms with Crippen molar-refractivity contribution in [2.75, 3.05) is 0 Å². The van der Waals surface area contributed by atoms with Crippen LogP contribution in [0.25, 0.3) is 0 Å². The number of rotatable bonds is 8. The van der Waals surface area contributed by atoms with E-state index in [-0.39, 0.29) is 12.3 Å². The van der Waals surface area contributed by atoms with Gasteiger partial charge in [-0.2, -0.15) is 0 Å². The highest BCUT2D eigenvalue weighted by Gasteiger charge is 2.29. The maximum atomic E-state index is 11.7. The Morgan fingerprint density at radius 3 is 2.21 bits per heavy atom. The van der Waals surface area contributed by atoms with E-state index >= 15 is 0 Å². The van der Waals surface area contributed by atoms with Crippen molar-refractivity contribution in [3.05, 3.63) is 0 Å². The first-order chi connectivity index (χ1) is 8.67. The van der Waals surface area contributed by atoms with Crippen LogP contribution in [0, 0.1) is 11.8 Å². The second kappa shape index (κ2) is 8.18. The quantitative estimate of drug-likeness (QED) is 0.541. The van der Waals surface area contributed by atoms with Crippen molar-refractivity contribution in [1.29, 1.82) is 0 Å². The summed E-state index contributed by atoms with van der Waals surface area (Å²) in [4.78, 5) is 23.0. The van der Waals surface area contributed by atoms with Gasteiger partial charge >= 0.3 is 11.9 Å². The average molecular weight is 272 g/mol. The highest BCUT2D eigenvalue weighted by Crippen LogP contribution is 2.23. The fourth-order valence-corrected chi connectivity index (χ4v) is 2.01. The van der Waals surface area contributed by atoms with Crippen LogP contribution in [-0.4, -0.2) is 22.6 Å². The minimum atomic E-state index is -0.908. The Balaban J connectivity index is 4.40. The van der Waals surface area contributed by atoms with Gasteiger partial charge in [0.25, 0.3) is 0 Å². The van der Waals surface area contributed by atoms with Crippen molar-refractivity contribution in [1.82, 2.24) is 0 Å². The standard InChI is InChI=1S/C15H28O4/c1-6-7-8-9-11(2)12(14(17)18)10-13(16)19-15(3,4)5/h11-12H,6-10H2,1-5H3,(H,17,18)/t11-,12+/m1/s1. The van der Waals surface area contributed by atoms with Crippen molar-refractivity contribution in [3.8, 4) is 0 Å². The summed E-state index contributed by atoms with van der Waals surface area (Å²) in [6.45, 7) is 9.36. The maximum absolute atomic E-state index is 11.7. The molecule has 0 amide bonds. The Hall–Kier alpha value is -1.06. The molecule has 4 nitrogen and oxygen atoms in total. The van der Waals surface area contributed by atoms with Gasteiger partial charge in [-0.1, -0.05) is 33.1 Å².